The Kier molecular flexibility index (Phi) is 4.70. The Morgan fingerprint density at radius 3 is 2.70 bits per heavy atom. The summed E-state index contributed by atoms with van der Waals surface area (Å²) in [6, 6.07) is 3.54. The van der Waals surface area contributed by atoms with E-state index >= 15 is 0 Å². The molecule has 0 saturated carbocycles. The smallest absolute Gasteiger partial charge is 0.251 e. The molecule has 11 heteroatoms. The molecule has 0 spiro atoms. The molecule has 4 aromatic rings. The molecule has 0 unspecified atom stereocenters. The molecular weight excluding hydrogens is 396 g/mol. The van der Waals surface area contributed by atoms with Crippen molar-refractivity contribution in [1.29, 1.82) is 0 Å². The Morgan fingerprint density at radius 1 is 1.20 bits per heavy atom. The number of carbonyl (C=O) groups excluding carboxylic acids is 2. The van der Waals surface area contributed by atoms with Crippen LogP contribution in [0.5, 0.6) is 0 Å². The number of amides is 1. The van der Waals surface area contributed by atoms with Gasteiger partial charge in [-0.1, -0.05) is 0 Å². The average molecular weight is 411 g/mol. The highest BCUT2D eigenvalue weighted by atomic mass is 19.1. The monoisotopic (exact) mass is 411 g/mol. The summed E-state index contributed by atoms with van der Waals surface area (Å²) in [7, 11) is 0. The largest absolute Gasteiger partial charge is 0.366 e. The number of carbonyl (C=O) groups is 2. The van der Waals surface area contributed by atoms with Gasteiger partial charge in [-0.25, -0.2) is 18.7 Å². The van der Waals surface area contributed by atoms with Crippen molar-refractivity contribution in [2.45, 2.75) is 13.5 Å². The number of hydrogen-bond acceptors (Lipinski definition) is 6. The first-order valence-corrected chi connectivity index (χ1v) is 8.76. The van der Waals surface area contributed by atoms with Crippen LogP contribution < -0.4 is 11.1 Å². The van der Waals surface area contributed by atoms with E-state index in [1.165, 1.54) is 12.5 Å². The molecule has 4 rings (SSSR count). The number of hydrogen-bond donors (Lipinski definition) is 4. The summed E-state index contributed by atoms with van der Waals surface area (Å²) in [4.78, 5) is 35.4. The van der Waals surface area contributed by atoms with Gasteiger partial charge in [-0.05, 0) is 25.1 Å². The van der Waals surface area contributed by atoms with Gasteiger partial charge < -0.3 is 16.0 Å². The van der Waals surface area contributed by atoms with Gasteiger partial charge in [0.25, 0.3) is 5.91 Å². The maximum atomic E-state index is 14.7. The van der Waals surface area contributed by atoms with Gasteiger partial charge in [0.1, 0.15) is 29.4 Å². The van der Waals surface area contributed by atoms with Crippen molar-refractivity contribution in [3.05, 3.63) is 70.4 Å². The molecule has 0 aliphatic rings. The van der Waals surface area contributed by atoms with E-state index in [1.807, 2.05) is 13.0 Å². The number of aryl methyl sites for hydroxylation is 1. The molecule has 3 heterocycles. The fourth-order valence-corrected chi connectivity index (χ4v) is 3.10. The van der Waals surface area contributed by atoms with Crippen molar-refractivity contribution in [1.82, 2.24) is 25.1 Å². The van der Waals surface area contributed by atoms with E-state index in [2.05, 4.69) is 30.5 Å². The number of nitrogens with zero attached hydrogens (tertiary/aromatic N) is 3. The molecule has 0 atom stereocenters. The number of benzene rings is 1. The van der Waals surface area contributed by atoms with Crippen LogP contribution in [0.15, 0.2) is 30.7 Å². The second kappa shape index (κ2) is 7.35. The molecule has 5 N–H and O–H groups in total. The maximum absolute atomic E-state index is 14.7. The third-order valence-corrected chi connectivity index (χ3v) is 4.49. The third kappa shape index (κ3) is 3.26. The van der Waals surface area contributed by atoms with Gasteiger partial charge in [-0.2, -0.15) is 5.10 Å². The minimum absolute atomic E-state index is 0.0641. The topological polar surface area (TPSA) is 142 Å². The summed E-state index contributed by atoms with van der Waals surface area (Å²) in [6.45, 7) is 2.14. The molecular formula is C19H15F2N7O2. The van der Waals surface area contributed by atoms with Crippen LogP contribution in [0.3, 0.4) is 0 Å². The van der Waals surface area contributed by atoms with E-state index in [0.717, 1.165) is 17.8 Å². The van der Waals surface area contributed by atoms with E-state index in [1.54, 1.807) is 0 Å². The Bertz CT molecular complexity index is 1300. The normalized spacial score (nSPS) is 11.0. The number of ketones is 1. The van der Waals surface area contributed by atoms with Gasteiger partial charge in [0.05, 0.1) is 34.3 Å². The van der Waals surface area contributed by atoms with Crippen molar-refractivity contribution < 1.29 is 18.4 Å². The van der Waals surface area contributed by atoms with Crippen LogP contribution in [-0.2, 0) is 6.54 Å². The lowest BCUT2D eigenvalue weighted by Crippen LogP contribution is -2.17. The van der Waals surface area contributed by atoms with E-state index in [9.17, 15) is 18.4 Å². The summed E-state index contributed by atoms with van der Waals surface area (Å²) < 4.78 is 29.0. The molecule has 0 fully saturated rings. The zero-order valence-electron chi connectivity index (χ0n) is 15.6. The number of aromatic nitrogens is 5. The number of fused-ring (bicyclic) bond motifs is 1. The standard InChI is InChI=1S/C19H15F2N7O2/c1-8-4-9(28-27-8)5-23-18-13-11(6-24-19(13)26-7-25-18)16(29)14-12(20)3-2-10(15(14)21)17(22)30/h2-4,6-7H,5H2,1H3,(H2,22,30)(H,27,28)(H2,23,24,25,26). The summed E-state index contributed by atoms with van der Waals surface area (Å²) >= 11 is 0. The fraction of sp³-hybridized carbons (Fsp3) is 0.105. The molecule has 0 aliphatic heterocycles. The first-order valence-electron chi connectivity index (χ1n) is 8.76. The number of anilines is 1. The lowest BCUT2D eigenvalue weighted by atomic mass is 9.99. The summed E-state index contributed by atoms with van der Waals surface area (Å²) in [6.07, 6.45) is 2.56. The lowest BCUT2D eigenvalue weighted by Gasteiger charge is -2.09. The summed E-state index contributed by atoms with van der Waals surface area (Å²) in [5.74, 6) is -4.25. The van der Waals surface area contributed by atoms with Crippen LogP contribution in [0.4, 0.5) is 14.6 Å². The van der Waals surface area contributed by atoms with Crippen LogP contribution in [0.25, 0.3) is 11.0 Å². The number of aromatic amines is 2. The predicted molar refractivity (Wildman–Crippen MR) is 103 cm³/mol. The van der Waals surface area contributed by atoms with E-state index in [4.69, 9.17) is 5.73 Å². The SMILES string of the molecule is Cc1cc(CNc2ncnc3[nH]cc(C(=O)c4c(F)ccc(C(N)=O)c4F)c23)n[nH]1. The van der Waals surface area contributed by atoms with Crippen molar-refractivity contribution in [3.8, 4) is 0 Å². The van der Waals surface area contributed by atoms with Gasteiger partial charge in [-0.3, -0.25) is 14.7 Å². The number of primary amides is 1. The van der Waals surface area contributed by atoms with Gasteiger partial charge in [0.15, 0.2) is 0 Å². The molecule has 3 aromatic heterocycles. The fourth-order valence-electron chi connectivity index (χ4n) is 3.10. The maximum Gasteiger partial charge on any atom is 0.251 e. The average Bonchev–Trinajstić information content (AvgIpc) is 3.32. The van der Waals surface area contributed by atoms with Gasteiger partial charge in [-0.15, -0.1) is 0 Å². The van der Waals surface area contributed by atoms with E-state index in [0.29, 0.717) is 11.3 Å². The van der Waals surface area contributed by atoms with Gasteiger partial charge in [0, 0.05) is 11.9 Å². The highest BCUT2D eigenvalue weighted by molar-refractivity contribution is 6.18. The zero-order chi connectivity index (χ0) is 21.4. The predicted octanol–water partition coefficient (Wildman–Crippen LogP) is 2.21. The summed E-state index contributed by atoms with van der Waals surface area (Å²) in [5.41, 5.74) is 5.45. The lowest BCUT2D eigenvalue weighted by molar-refractivity contribution is 0.0996. The minimum Gasteiger partial charge on any atom is -0.366 e. The van der Waals surface area contributed by atoms with Crippen LogP contribution >= 0.6 is 0 Å². The highest BCUT2D eigenvalue weighted by Crippen LogP contribution is 2.28. The molecule has 9 nitrogen and oxygen atoms in total. The number of H-pyrrole nitrogens is 2. The molecule has 1 amide bonds. The Labute approximate surface area is 167 Å². The Hall–Kier alpha value is -4.15. The molecule has 1 aromatic carbocycles. The zero-order valence-corrected chi connectivity index (χ0v) is 15.6. The van der Waals surface area contributed by atoms with Crippen LogP contribution in [0, 0.1) is 18.6 Å². The van der Waals surface area contributed by atoms with Gasteiger partial charge in [0.2, 0.25) is 5.78 Å². The van der Waals surface area contributed by atoms with Crippen molar-refractivity contribution in [2.24, 2.45) is 5.73 Å². The third-order valence-electron chi connectivity index (χ3n) is 4.49. The highest BCUT2D eigenvalue weighted by Gasteiger charge is 2.27. The Balaban J connectivity index is 1.78. The number of halogens is 2. The van der Waals surface area contributed by atoms with Gasteiger partial charge >= 0.3 is 0 Å². The number of rotatable bonds is 6. The van der Waals surface area contributed by atoms with Crippen molar-refractivity contribution in [3.63, 3.8) is 0 Å². The second-order valence-electron chi connectivity index (χ2n) is 6.52. The van der Waals surface area contributed by atoms with Crippen molar-refractivity contribution in [2.75, 3.05) is 5.32 Å². The van der Waals surface area contributed by atoms with E-state index < -0.39 is 34.5 Å². The first kappa shape index (κ1) is 19.2. The van der Waals surface area contributed by atoms with E-state index in [-0.39, 0.29) is 23.3 Å². The molecule has 30 heavy (non-hydrogen) atoms. The summed E-state index contributed by atoms with van der Waals surface area (Å²) in [5, 5.41) is 10.2. The first-order chi connectivity index (χ1) is 14.4. The molecule has 0 aliphatic carbocycles. The molecule has 0 radical (unpaired) electrons. The van der Waals surface area contributed by atoms with Crippen LogP contribution in [0.2, 0.25) is 0 Å². The molecule has 0 bridgehead atoms. The quantitative estimate of drug-likeness (QED) is 0.358. The van der Waals surface area contributed by atoms with Crippen LogP contribution in [-0.4, -0.2) is 36.8 Å². The second-order valence-corrected chi connectivity index (χ2v) is 6.52. The van der Waals surface area contributed by atoms with Crippen molar-refractivity contribution >= 4 is 28.5 Å². The minimum atomic E-state index is -1.32. The Morgan fingerprint density at radius 2 is 2.00 bits per heavy atom. The number of nitrogens with one attached hydrogen (secondary N) is 3. The van der Waals surface area contributed by atoms with Crippen LogP contribution in [0.1, 0.15) is 37.7 Å². The molecule has 152 valence electrons. The molecule has 0 saturated heterocycles. The number of nitrogens with two attached hydrogens (primary N) is 1.